The molecule has 0 saturated carbocycles. The molecule has 4 rings (SSSR count). The quantitative estimate of drug-likeness (QED) is 0.425. The highest BCUT2D eigenvalue weighted by Crippen LogP contribution is 2.32. The summed E-state index contributed by atoms with van der Waals surface area (Å²) < 4.78 is 7.66. The van der Waals surface area contributed by atoms with Crippen LogP contribution in [0, 0.1) is 0 Å². The Morgan fingerprint density at radius 3 is 3.07 bits per heavy atom. The number of anilines is 3. The number of rotatable bonds is 9. The number of hydrogen-bond acceptors (Lipinski definition) is 7. The zero-order chi connectivity index (χ0) is 21.1. The highest BCUT2D eigenvalue weighted by molar-refractivity contribution is 6.00. The number of benzene rings is 1. The van der Waals surface area contributed by atoms with Crippen molar-refractivity contribution in [1.29, 1.82) is 0 Å². The molecule has 1 unspecified atom stereocenters. The number of ether oxygens (including phenoxy) is 1. The van der Waals surface area contributed by atoms with Crippen molar-refractivity contribution in [2.45, 2.75) is 32.4 Å². The number of nitrogens with two attached hydrogens (primary N) is 2. The maximum absolute atomic E-state index is 11.9. The summed E-state index contributed by atoms with van der Waals surface area (Å²) in [6, 6.07) is 8.07. The molecule has 1 atom stereocenters. The van der Waals surface area contributed by atoms with Crippen molar-refractivity contribution in [1.82, 2.24) is 14.5 Å². The monoisotopic (exact) mass is 409 g/mol. The summed E-state index contributed by atoms with van der Waals surface area (Å²) in [6.07, 6.45) is 3.67. The molecule has 0 aliphatic carbocycles. The smallest absolute Gasteiger partial charge is 0.254 e. The van der Waals surface area contributed by atoms with Gasteiger partial charge in [-0.3, -0.25) is 4.79 Å². The second-order valence-corrected chi connectivity index (χ2v) is 7.37. The Morgan fingerprint density at radius 1 is 1.40 bits per heavy atom. The molecule has 1 aliphatic rings. The van der Waals surface area contributed by atoms with E-state index in [4.69, 9.17) is 16.2 Å². The van der Waals surface area contributed by atoms with Gasteiger partial charge in [0.25, 0.3) is 5.91 Å². The van der Waals surface area contributed by atoms with E-state index in [0.29, 0.717) is 31.5 Å². The molecule has 9 heteroatoms. The highest BCUT2D eigenvalue weighted by Gasteiger charge is 2.18. The van der Waals surface area contributed by atoms with Crippen LogP contribution in [0.3, 0.4) is 0 Å². The van der Waals surface area contributed by atoms with Crippen LogP contribution in [0.25, 0.3) is 10.9 Å². The number of aromatic nitrogens is 3. The first kappa shape index (κ1) is 20.1. The minimum atomic E-state index is -0.594. The van der Waals surface area contributed by atoms with E-state index in [-0.39, 0.29) is 11.6 Å². The van der Waals surface area contributed by atoms with E-state index in [1.165, 1.54) is 23.8 Å². The van der Waals surface area contributed by atoms with E-state index >= 15 is 0 Å². The fourth-order valence-electron chi connectivity index (χ4n) is 3.76. The lowest BCUT2D eigenvalue weighted by Gasteiger charge is -2.15. The molecule has 1 aromatic carbocycles. The highest BCUT2D eigenvalue weighted by atomic mass is 16.5. The van der Waals surface area contributed by atoms with Crippen LogP contribution in [0.1, 0.15) is 29.4 Å². The summed E-state index contributed by atoms with van der Waals surface area (Å²) in [5, 5.41) is 7.47. The lowest BCUT2D eigenvalue weighted by molar-refractivity contribution is 0.100. The number of nitrogens with one attached hydrogen (secondary N) is 2. The first-order valence-corrected chi connectivity index (χ1v) is 10.2. The van der Waals surface area contributed by atoms with Gasteiger partial charge >= 0.3 is 0 Å². The normalized spacial score (nSPS) is 13.9. The Bertz CT molecular complexity index is 1060. The van der Waals surface area contributed by atoms with Gasteiger partial charge in [-0.2, -0.15) is 4.98 Å². The van der Waals surface area contributed by atoms with E-state index in [0.717, 1.165) is 24.0 Å². The third-order valence-electron chi connectivity index (χ3n) is 5.21. The zero-order valence-corrected chi connectivity index (χ0v) is 17.0. The maximum Gasteiger partial charge on any atom is 0.254 e. The molecular formula is C21H27N7O2. The molecule has 0 radical (unpaired) electrons. The van der Waals surface area contributed by atoms with Gasteiger partial charge in [0, 0.05) is 48.7 Å². The van der Waals surface area contributed by atoms with Crippen LogP contribution in [0.15, 0.2) is 30.5 Å². The number of carbonyl (C=O) groups is 1. The van der Waals surface area contributed by atoms with Gasteiger partial charge < -0.3 is 31.4 Å². The minimum absolute atomic E-state index is 0.196. The van der Waals surface area contributed by atoms with E-state index in [9.17, 15) is 4.79 Å². The molecule has 0 bridgehead atoms. The van der Waals surface area contributed by atoms with Crippen molar-refractivity contribution >= 4 is 34.3 Å². The largest absolute Gasteiger partial charge is 0.380 e. The van der Waals surface area contributed by atoms with Crippen LogP contribution < -0.4 is 22.1 Å². The van der Waals surface area contributed by atoms with E-state index in [1.807, 2.05) is 19.1 Å². The standard InChI is InChI=1S/C21H27N7O2/c1-2-30-12-13(22)10-24-21-25-11-16(19(23)29)20(27-21)26-17-6-3-7-18-15(17)9-14-5-4-8-28(14)18/h3,6-7,9,11,13H,2,4-5,8,10,12,22H2,1H3,(H2,23,29)(H2,24,25,26,27). The fraction of sp³-hybridized carbons (Fsp3) is 0.381. The summed E-state index contributed by atoms with van der Waals surface area (Å²) in [7, 11) is 0. The minimum Gasteiger partial charge on any atom is -0.380 e. The molecular weight excluding hydrogens is 382 g/mol. The number of nitrogens with zero attached hydrogens (tertiary/aromatic N) is 3. The first-order valence-electron chi connectivity index (χ1n) is 10.2. The molecule has 2 aromatic heterocycles. The van der Waals surface area contributed by atoms with Crippen LogP contribution in [0.5, 0.6) is 0 Å². The van der Waals surface area contributed by atoms with Crippen molar-refractivity contribution < 1.29 is 9.53 Å². The van der Waals surface area contributed by atoms with Crippen molar-refractivity contribution in [3.05, 3.63) is 41.7 Å². The number of fused-ring (bicyclic) bond motifs is 3. The molecule has 0 fully saturated rings. The van der Waals surface area contributed by atoms with Gasteiger partial charge in [0.2, 0.25) is 5.95 Å². The van der Waals surface area contributed by atoms with E-state index in [2.05, 4.69) is 37.3 Å². The summed E-state index contributed by atoms with van der Waals surface area (Å²) in [5.74, 6) is 0.127. The first-order chi connectivity index (χ1) is 14.6. The zero-order valence-electron chi connectivity index (χ0n) is 17.0. The van der Waals surface area contributed by atoms with Gasteiger partial charge in [-0.25, -0.2) is 4.98 Å². The molecule has 1 amide bonds. The van der Waals surface area contributed by atoms with Crippen LogP contribution in [0.2, 0.25) is 0 Å². The average Bonchev–Trinajstić information content (AvgIpc) is 3.33. The second-order valence-electron chi connectivity index (χ2n) is 7.37. The molecule has 0 spiro atoms. The second kappa shape index (κ2) is 8.68. The molecule has 30 heavy (non-hydrogen) atoms. The average molecular weight is 409 g/mol. The van der Waals surface area contributed by atoms with Crippen molar-refractivity contribution in [2.24, 2.45) is 11.5 Å². The number of carbonyl (C=O) groups excluding carboxylic acids is 1. The summed E-state index contributed by atoms with van der Waals surface area (Å²) >= 11 is 0. The molecule has 158 valence electrons. The van der Waals surface area contributed by atoms with Gasteiger partial charge in [-0.05, 0) is 38.0 Å². The predicted octanol–water partition coefficient (Wildman–Crippen LogP) is 2.00. The molecule has 0 saturated heterocycles. The number of hydrogen-bond donors (Lipinski definition) is 4. The number of amides is 1. The van der Waals surface area contributed by atoms with Crippen LogP contribution in [-0.4, -0.2) is 46.2 Å². The van der Waals surface area contributed by atoms with Gasteiger partial charge in [-0.1, -0.05) is 6.07 Å². The number of primary amides is 1. The summed E-state index contributed by atoms with van der Waals surface area (Å²) in [5.41, 5.74) is 15.1. The van der Waals surface area contributed by atoms with Crippen molar-refractivity contribution in [3.63, 3.8) is 0 Å². The third kappa shape index (κ3) is 4.07. The Labute approximate surface area is 174 Å². The fourth-order valence-corrected chi connectivity index (χ4v) is 3.76. The Morgan fingerprint density at radius 2 is 2.27 bits per heavy atom. The molecule has 3 aromatic rings. The lowest BCUT2D eigenvalue weighted by atomic mass is 10.2. The number of aryl methyl sites for hydroxylation is 2. The van der Waals surface area contributed by atoms with E-state index < -0.39 is 5.91 Å². The Balaban J connectivity index is 1.60. The molecule has 3 heterocycles. The van der Waals surface area contributed by atoms with Crippen LogP contribution in [0.4, 0.5) is 17.5 Å². The maximum atomic E-state index is 11.9. The van der Waals surface area contributed by atoms with Crippen LogP contribution in [-0.2, 0) is 17.7 Å². The van der Waals surface area contributed by atoms with E-state index in [1.54, 1.807) is 0 Å². The van der Waals surface area contributed by atoms with Gasteiger partial charge in [0.05, 0.1) is 12.1 Å². The predicted molar refractivity (Wildman–Crippen MR) is 117 cm³/mol. The molecule has 1 aliphatic heterocycles. The summed E-state index contributed by atoms with van der Waals surface area (Å²) in [4.78, 5) is 20.6. The third-order valence-corrected chi connectivity index (χ3v) is 5.21. The SMILES string of the molecule is CCOCC(N)CNc1ncc(C(N)=O)c(Nc2cccc3c2cc2n3CCC2)n1. The molecule has 9 nitrogen and oxygen atoms in total. The Kier molecular flexibility index (Phi) is 5.82. The van der Waals surface area contributed by atoms with Crippen molar-refractivity contribution in [2.75, 3.05) is 30.4 Å². The topological polar surface area (TPSA) is 133 Å². The lowest BCUT2D eigenvalue weighted by Crippen LogP contribution is -2.34. The van der Waals surface area contributed by atoms with Gasteiger partial charge in [0.15, 0.2) is 0 Å². The Hall–Kier alpha value is -3.17. The van der Waals surface area contributed by atoms with Gasteiger partial charge in [0.1, 0.15) is 11.4 Å². The summed E-state index contributed by atoms with van der Waals surface area (Å²) in [6.45, 7) is 4.44. The molecule has 6 N–H and O–H groups in total. The van der Waals surface area contributed by atoms with Crippen molar-refractivity contribution in [3.8, 4) is 0 Å². The van der Waals surface area contributed by atoms with Gasteiger partial charge in [-0.15, -0.1) is 0 Å². The van der Waals surface area contributed by atoms with Crippen LogP contribution >= 0.6 is 0 Å².